The highest BCUT2D eigenvalue weighted by molar-refractivity contribution is 5.83. The number of piperidine rings is 1. The first-order valence-corrected chi connectivity index (χ1v) is 7.27. The van der Waals surface area contributed by atoms with Crippen LogP contribution in [0.2, 0.25) is 0 Å². The van der Waals surface area contributed by atoms with Gasteiger partial charge >= 0.3 is 5.97 Å². The molecule has 1 heterocycles. The number of carbonyl (C=O) groups excluding carboxylic acids is 1. The molecule has 0 bridgehead atoms. The quantitative estimate of drug-likeness (QED) is 0.778. The summed E-state index contributed by atoms with van der Waals surface area (Å²) in [6.07, 6.45) is 5.13. The minimum absolute atomic E-state index is 0.149. The minimum atomic E-state index is -1.63. The van der Waals surface area contributed by atoms with Crippen molar-refractivity contribution in [3.8, 4) is 0 Å². The molecule has 1 saturated heterocycles. The summed E-state index contributed by atoms with van der Waals surface area (Å²) in [6.45, 7) is 0.745. The summed E-state index contributed by atoms with van der Waals surface area (Å²) in [5.74, 6) is 0.394. The van der Waals surface area contributed by atoms with Gasteiger partial charge in [0.05, 0.1) is 0 Å². The molecule has 3 fully saturated rings. The summed E-state index contributed by atoms with van der Waals surface area (Å²) in [7, 11) is 0. The minimum Gasteiger partial charge on any atom is -0.479 e. The van der Waals surface area contributed by atoms with Gasteiger partial charge < -0.3 is 15.1 Å². The highest BCUT2D eigenvalue weighted by Gasteiger charge is 2.56. The summed E-state index contributed by atoms with van der Waals surface area (Å²) in [6, 6.07) is 0. The molecule has 0 spiro atoms. The average Bonchev–Trinajstić information content (AvgIpc) is 3.13. The molecule has 2 aliphatic carbocycles. The standard InChI is InChI=1S/C14H21NO4/c16-12(11-9-3-1-2-4-10(9)11)15-7-5-14(19,6-8-15)13(17)18/h9-11,19H,1-8H2,(H,17,18). The van der Waals surface area contributed by atoms with Crippen LogP contribution in [-0.2, 0) is 9.59 Å². The number of hydrogen-bond donors (Lipinski definition) is 2. The van der Waals surface area contributed by atoms with Gasteiger partial charge in [-0.15, -0.1) is 0 Å². The van der Waals surface area contributed by atoms with Gasteiger partial charge in [0, 0.05) is 31.8 Å². The van der Waals surface area contributed by atoms with E-state index in [1.165, 1.54) is 25.7 Å². The van der Waals surface area contributed by atoms with Crippen LogP contribution in [0.5, 0.6) is 0 Å². The maximum absolute atomic E-state index is 12.4. The molecule has 0 aromatic heterocycles. The van der Waals surface area contributed by atoms with Gasteiger partial charge in [0.25, 0.3) is 0 Å². The molecule has 5 heteroatoms. The summed E-state index contributed by atoms with van der Waals surface area (Å²) in [5.41, 5.74) is -1.63. The van der Waals surface area contributed by atoms with E-state index in [0.717, 1.165) is 0 Å². The topological polar surface area (TPSA) is 77.8 Å². The lowest BCUT2D eigenvalue weighted by molar-refractivity contribution is -0.165. The molecule has 19 heavy (non-hydrogen) atoms. The normalized spacial score (nSPS) is 36.5. The van der Waals surface area contributed by atoms with Gasteiger partial charge in [-0.2, -0.15) is 0 Å². The molecular formula is C14H21NO4. The molecule has 2 saturated carbocycles. The molecule has 0 aromatic rings. The van der Waals surface area contributed by atoms with Crippen molar-refractivity contribution in [2.45, 2.75) is 44.1 Å². The lowest BCUT2D eigenvalue weighted by Gasteiger charge is -2.35. The number of carboxylic acid groups (broad SMARTS) is 1. The number of fused-ring (bicyclic) bond motifs is 1. The van der Waals surface area contributed by atoms with Crippen molar-refractivity contribution < 1.29 is 19.8 Å². The van der Waals surface area contributed by atoms with Crippen LogP contribution in [-0.4, -0.2) is 45.7 Å². The van der Waals surface area contributed by atoms with Gasteiger partial charge in [0.1, 0.15) is 0 Å². The summed E-state index contributed by atoms with van der Waals surface area (Å²) >= 11 is 0. The van der Waals surface area contributed by atoms with Crippen LogP contribution >= 0.6 is 0 Å². The second-order valence-corrected chi connectivity index (χ2v) is 6.30. The fourth-order valence-corrected chi connectivity index (χ4v) is 3.88. The molecule has 5 nitrogen and oxygen atoms in total. The maximum Gasteiger partial charge on any atom is 0.335 e. The number of aliphatic hydroxyl groups is 1. The van der Waals surface area contributed by atoms with E-state index in [-0.39, 0.29) is 24.7 Å². The predicted octanol–water partition coefficient (Wildman–Crippen LogP) is 0.861. The van der Waals surface area contributed by atoms with Crippen molar-refractivity contribution in [1.29, 1.82) is 0 Å². The van der Waals surface area contributed by atoms with Crippen LogP contribution in [0.15, 0.2) is 0 Å². The fourth-order valence-electron chi connectivity index (χ4n) is 3.88. The van der Waals surface area contributed by atoms with Crippen molar-refractivity contribution in [1.82, 2.24) is 4.90 Å². The number of aliphatic carboxylic acids is 1. The van der Waals surface area contributed by atoms with Crippen molar-refractivity contribution in [3.05, 3.63) is 0 Å². The Balaban J connectivity index is 1.57. The lowest BCUT2D eigenvalue weighted by atomic mass is 9.91. The van der Waals surface area contributed by atoms with Crippen LogP contribution in [0.4, 0.5) is 0 Å². The molecule has 2 N–H and O–H groups in total. The molecule has 0 radical (unpaired) electrons. The molecule has 3 aliphatic rings. The second-order valence-electron chi connectivity index (χ2n) is 6.30. The Morgan fingerprint density at radius 1 is 1.05 bits per heavy atom. The Morgan fingerprint density at radius 3 is 2.05 bits per heavy atom. The highest BCUT2D eigenvalue weighted by atomic mass is 16.4. The molecule has 2 unspecified atom stereocenters. The number of carbonyl (C=O) groups is 2. The predicted molar refractivity (Wildman–Crippen MR) is 67.3 cm³/mol. The Hall–Kier alpha value is -1.10. The first-order valence-electron chi connectivity index (χ1n) is 7.27. The zero-order valence-corrected chi connectivity index (χ0v) is 11.0. The molecular weight excluding hydrogens is 246 g/mol. The van der Waals surface area contributed by atoms with Gasteiger partial charge in [0.15, 0.2) is 5.60 Å². The Labute approximate surface area is 112 Å². The highest BCUT2D eigenvalue weighted by Crippen LogP contribution is 2.56. The first-order chi connectivity index (χ1) is 9.03. The second kappa shape index (κ2) is 4.47. The van der Waals surface area contributed by atoms with E-state index in [2.05, 4.69) is 0 Å². The van der Waals surface area contributed by atoms with Crippen LogP contribution in [0.3, 0.4) is 0 Å². The molecule has 1 aliphatic heterocycles. The third-order valence-electron chi connectivity index (χ3n) is 5.24. The van der Waals surface area contributed by atoms with E-state index in [4.69, 9.17) is 5.11 Å². The number of nitrogens with zero attached hydrogens (tertiary/aromatic N) is 1. The van der Waals surface area contributed by atoms with Crippen molar-refractivity contribution in [2.75, 3.05) is 13.1 Å². The number of carboxylic acids is 1. The molecule has 3 rings (SSSR count). The van der Waals surface area contributed by atoms with Crippen LogP contribution < -0.4 is 0 Å². The third-order valence-corrected chi connectivity index (χ3v) is 5.24. The van der Waals surface area contributed by atoms with Crippen LogP contribution in [0.25, 0.3) is 0 Å². The number of hydrogen-bond acceptors (Lipinski definition) is 3. The van der Waals surface area contributed by atoms with Gasteiger partial charge in [0.2, 0.25) is 5.91 Å². The third kappa shape index (κ3) is 2.14. The van der Waals surface area contributed by atoms with E-state index in [9.17, 15) is 14.7 Å². The fraction of sp³-hybridized carbons (Fsp3) is 0.857. The molecule has 0 aromatic carbocycles. The lowest BCUT2D eigenvalue weighted by Crippen LogP contribution is -2.51. The number of rotatable bonds is 2. The number of likely N-dealkylation sites (tertiary alicyclic amines) is 1. The largest absolute Gasteiger partial charge is 0.479 e. The van der Waals surface area contributed by atoms with E-state index in [1.807, 2.05) is 0 Å². The van der Waals surface area contributed by atoms with E-state index in [1.54, 1.807) is 4.90 Å². The molecule has 2 atom stereocenters. The summed E-state index contributed by atoms with van der Waals surface area (Å²) < 4.78 is 0. The molecule has 106 valence electrons. The monoisotopic (exact) mass is 267 g/mol. The number of amides is 1. The summed E-state index contributed by atoms with van der Waals surface area (Å²) in [4.78, 5) is 25.1. The van der Waals surface area contributed by atoms with Gasteiger partial charge in [-0.1, -0.05) is 12.8 Å². The Morgan fingerprint density at radius 2 is 1.58 bits per heavy atom. The van der Waals surface area contributed by atoms with Crippen molar-refractivity contribution in [2.24, 2.45) is 17.8 Å². The van der Waals surface area contributed by atoms with Gasteiger partial charge in [-0.3, -0.25) is 4.79 Å². The zero-order valence-electron chi connectivity index (χ0n) is 11.0. The van der Waals surface area contributed by atoms with Gasteiger partial charge in [-0.05, 0) is 24.7 Å². The SMILES string of the molecule is O=C(C1C2CCCCC21)N1CCC(O)(C(=O)O)CC1. The maximum atomic E-state index is 12.4. The van der Waals surface area contributed by atoms with E-state index in [0.29, 0.717) is 24.9 Å². The zero-order chi connectivity index (χ0) is 13.6. The van der Waals surface area contributed by atoms with Crippen molar-refractivity contribution in [3.63, 3.8) is 0 Å². The Kier molecular flexibility index (Phi) is 3.04. The van der Waals surface area contributed by atoms with Crippen molar-refractivity contribution >= 4 is 11.9 Å². The van der Waals surface area contributed by atoms with E-state index < -0.39 is 11.6 Å². The van der Waals surface area contributed by atoms with E-state index >= 15 is 0 Å². The van der Waals surface area contributed by atoms with Crippen LogP contribution in [0, 0.1) is 17.8 Å². The van der Waals surface area contributed by atoms with Gasteiger partial charge in [-0.25, -0.2) is 4.79 Å². The Bertz CT molecular complexity index is 388. The average molecular weight is 267 g/mol. The van der Waals surface area contributed by atoms with Crippen LogP contribution in [0.1, 0.15) is 38.5 Å². The first kappa shape index (κ1) is 12.9. The smallest absolute Gasteiger partial charge is 0.335 e. The molecule has 1 amide bonds. The summed E-state index contributed by atoms with van der Waals surface area (Å²) in [5, 5.41) is 18.8.